The number of rotatable bonds is 6. The Morgan fingerprint density at radius 2 is 1.60 bits per heavy atom. The van der Waals surface area contributed by atoms with Crippen LogP contribution >= 0.6 is 0 Å². The molecule has 1 fully saturated rings. The topological polar surface area (TPSA) is 24.9 Å². The van der Waals surface area contributed by atoms with Gasteiger partial charge in [0.05, 0.1) is 12.8 Å². The zero-order valence-corrected chi connectivity index (χ0v) is 15.5. The second-order valence-corrected chi connectivity index (χ2v) is 6.55. The van der Waals surface area contributed by atoms with Crippen molar-refractivity contribution in [2.45, 2.75) is 13.8 Å². The highest BCUT2D eigenvalue weighted by Gasteiger charge is 2.19. The Morgan fingerprint density at radius 3 is 2.36 bits per heavy atom. The van der Waals surface area contributed by atoms with Crippen LogP contribution in [0, 0.1) is 13.8 Å². The molecule has 0 bridgehead atoms. The Hall–Kier alpha value is -2.20. The predicted octanol–water partition coefficient (Wildman–Crippen LogP) is 3.51. The number of hydrogen-bond donors (Lipinski definition) is 0. The van der Waals surface area contributed by atoms with Crippen LogP contribution < -0.4 is 14.4 Å². The summed E-state index contributed by atoms with van der Waals surface area (Å²) >= 11 is 0. The Balaban J connectivity index is 1.47. The number of methoxy groups -OCH3 is 1. The largest absolute Gasteiger partial charge is 0.495 e. The molecule has 0 aliphatic carbocycles. The average Bonchev–Trinajstić information content (AvgIpc) is 2.66. The molecule has 1 aliphatic rings. The van der Waals surface area contributed by atoms with Crippen LogP contribution in [0.1, 0.15) is 11.1 Å². The van der Waals surface area contributed by atoms with E-state index in [-0.39, 0.29) is 0 Å². The first kappa shape index (κ1) is 17.6. The summed E-state index contributed by atoms with van der Waals surface area (Å²) in [4.78, 5) is 4.87. The lowest BCUT2D eigenvalue weighted by Gasteiger charge is -2.36. The molecule has 0 saturated carbocycles. The van der Waals surface area contributed by atoms with Gasteiger partial charge in [0.2, 0.25) is 0 Å². The number of piperazine rings is 1. The first-order valence-electron chi connectivity index (χ1n) is 8.98. The number of para-hydroxylation sites is 2. The Labute approximate surface area is 151 Å². The van der Waals surface area contributed by atoms with E-state index in [4.69, 9.17) is 9.47 Å². The number of benzene rings is 2. The van der Waals surface area contributed by atoms with E-state index in [1.165, 1.54) is 16.8 Å². The van der Waals surface area contributed by atoms with Crippen molar-refractivity contribution in [3.63, 3.8) is 0 Å². The molecule has 1 heterocycles. The molecule has 2 aromatic rings. The quantitative estimate of drug-likeness (QED) is 0.803. The molecule has 134 valence electrons. The Kier molecular flexibility index (Phi) is 5.82. The minimum Gasteiger partial charge on any atom is -0.495 e. The minimum absolute atomic E-state index is 0.735. The van der Waals surface area contributed by atoms with Crippen LogP contribution in [0.2, 0.25) is 0 Å². The summed E-state index contributed by atoms with van der Waals surface area (Å²) < 4.78 is 11.5. The second-order valence-electron chi connectivity index (χ2n) is 6.55. The van der Waals surface area contributed by atoms with E-state index in [9.17, 15) is 0 Å². The summed E-state index contributed by atoms with van der Waals surface area (Å²) in [6, 6.07) is 14.5. The van der Waals surface area contributed by atoms with Crippen LogP contribution in [0.4, 0.5) is 5.69 Å². The summed E-state index contributed by atoms with van der Waals surface area (Å²) in [6.07, 6.45) is 0. The van der Waals surface area contributed by atoms with Crippen molar-refractivity contribution in [2.24, 2.45) is 0 Å². The maximum Gasteiger partial charge on any atom is 0.142 e. The van der Waals surface area contributed by atoms with E-state index in [1.807, 2.05) is 12.1 Å². The summed E-state index contributed by atoms with van der Waals surface area (Å²) in [5.41, 5.74) is 3.71. The van der Waals surface area contributed by atoms with Crippen molar-refractivity contribution in [1.82, 2.24) is 4.90 Å². The van der Waals surface area contributed by atoms with Gasteiger partial charge in [-0.1, -0.05) is 24.3 Å². The lowest BCUT2D eigenvalue weighted by molar-refractivity contribution is 0.199. The molecule has 0 spiro atoms. The number of aryl methyl sites for hydroxylation is 1. The van der Waals surface area contributed by atoms with Crippen LogP contribution in [-0.4, -0.2) is 51.3 Å². The maximum atomic E-state index is 5.99. The van der Waals surface area contributed by atoms with Crippen molar-refractivity contribution < 1.29 is 9.47 Å². The number of nitrogens with zero attached hydrogens (tertiary/aromatic N) is 2. The molecule has 0 unspecified atom stereocenters. The fourth-order valence-electron chi connectivity index (χ4n) is 3.27. The van der Waals surface area contributed by atoms with Crippen LogP contribution in [0.15, 0.2) is 42.5 Å². The molecule has 1 aliphatic heterocycles. The summed E-state index contributed by atoms with van der Waals surface area (Å²) in [6.45, 7) is 10.1. The first-order chi connectivity index (χ1) is 12.2. The monoisotopic (exact) mass is 340 g/mol. The molecule has 0 atom stereocenters. The zero-order valence-electron chi connectivity index (χ0n) is 15.5. The van der Waals surface area contributed by atoms with Gasteiger partial charge < -0.3 is 14.4 Å². The molecule has 1 saturated heterocycles. The van der Waals surface area contributed by atoms with Crippen LogP contribution in [-0.2, 0) is 0 Å². The molecular formula is C21H28N2O2. The van der Waals surface area contributed by atoms with Crippen LogP contribution in [0.25, 0.3) is 0 Å². The Morgan fingerprint density at radius 1 is 0.880 bits per heavy atom. The molecular weight excluding hydrogens is 312 g/mol. The highest BCUT2D eigenvalue weighted by Crippen LogP contribution is 2.28. The molecule has 25 heavy (non-hydrogen) atoms. The molecule has 4 heteroatoms. The normalized spacial score (nSPS) is 15.2. The molecule has 0 radical (unpaired) electrons. The van der Waals surface area contributed by atoms with Gasteiger partial charge in [-0.2, -0.15) is 0 Å². The van der Waals surface area contributed by atoms with Crippen molar-refractivity contribution in [3.8, 4) is 11.5 Å². The predicted molar refractivity (Wildman–Crippen MR) is 103 cm³/mol. The van der Waals surface area contributed by atoms with Gasteiger partial charge in [0.25, 0.3) is 0 Å². The third kappa shape index (κ3) is 4.26. The van der Waals surface area contributed by atoms with Gasteiger partial charge in [-0.05, 0) is 43.2 Å². The second kappa shape index (κ2) is 8.26. The smallest absolute Gasteiger partial charge is 0.142 e. The SMILES string of the molecule is COc1ccccc1N1CCN(CCOc2cccc(C)c2C)CC1. The minimum atomic E-state index is 0.735. The van der Waals surface area contributed by atoms with Crippen molar-refractivity contribution in [3.05, 3.63) is 53.6 Å². The molecule has 2 aromatic carbocycles. The van der Waals surface area contributed by atoms with Crippen molar-refractivity contribution >= 4 is 5.69 Å². The highest BCUT2D eigenvalue weighted by molar-refractivity contribution is 5.58. The van der Waals surface area contributed by atoms with Gasteiger partial charge >= 0.3 is 0 Å². The van der Waals surface area contributed by atoms with Crippen LogP contribution in [0.3, 0.4) is 0 Å². The summed E-state index contributed by atoms with van der Waals surface area (Å²) in [5.74, 6) is 1.96. The maximum absolute atomic E-state index is 5.99. The van der Waals surface area contributed by atoms with Gasteiger partial charge in [-0.25, -0.2) is 0 Å². The van der Waals surface area contributed by atoms with Crippen molar-refractivity contribution in [1.29, 1.82) is 0 Å². The van der Waals surface area contributed by atoms with Gasteiger partial charge in [0.15, 0.2) is 0 Å². The third-order valence-corrected chi connectivity index (χ3v) is 5.02. The lowest BCUT2D eigenvalue weighted by Crippen LogP contribution is -2.47. The molecule has 3 rings (SSSR count). The third-order valence-electron chi connectivity index (χ3n) is 5.02. The molecule has 0 aromatic heterocycles. The zero-order chi connectivity index (χ0) is 17.6. The van der Waals surface area contributed by atoms with E-state index < -0.39 is 0 Å². The summed E-state index contributed by atoms with van der Waals surface area (Å²) in [7, 11) is 1.74. The van der Waals surface area contributed by atoms with Crippen molar-refractivity contribution in [2.75, 3.05) is 51.3 Å². The number of anilines is 1. The lowest BCUT2D eigenvalue weighted by atomic mass is 10.1. The fraction of sp³-hybridized carbons (Fsp3) is 0.429. The summed E-state index contributed by atoms with van der Waals surface area (Å²) in [5, 5.41) is 0. The first-order valence-corrected chi connectivity index (χ1v) is 8.98. The van der Waals surface area contributed by atoms with Crippen LogP contribution in [0.5, 0.6) is 11.5 Å². The average molecular weight is 340 g/mol. The van der Waals surface area contributed by atoms with Gasteiger partial charge in [-0.15, -0.1) is 0 Å². The van der Waals surface area contributed by atoms with Gasteiger partial charge in [0, 0.05) is 32.7 Å². The number of ether oxygens (including phenoxy) is 2. The fourth-order valence-corrected chi connectivity index (χ4v) is 3.27. The van der Waals surface area contributed by atoms with E-state index in [0.29, 0.717) is 0 Å². The standard InChI is InChI=1S/C21H28N2O2/c1-17-7-6-10-20(18(17)2)25-16-15-22-11-13-23(14-12-22)19-8-4-5-9-21(19)24-3/h4-10H,11-16H2,1-3H3. The molecule has 0 amide bonds. The van der Waals surface area contributed by atoms with Gasteiger partial charge in [0.1, 0.15) is 18.1 Å². The van der Waals surface area contributed by atoms with E-state index in [2.05, 4.69) is 54.0 Å². The highest BCUT2D eigenvalue weighted by atomic mass is 16.5. The number of hydrogen-bond acceptors (Lipinski definition) is 4. The molecule has 4 nitrogen and oxygen atoms in total. The van der Waals surface area contributed by atoms with E-state index in [1.54, 1.807) is 7.11 Å². The molecule has 0 N–H and O–H groups in total. The van der Waals surface area contributed by atoms with E-state index >= 15 is 0 Å². The van der Waals surface area contributed by atoms with Gasteiger partial charge in [-0.3, -0.25) is 4.90 Å². The van der Waals surface area contributed by atoms with E-state index in [0.717, 1.165) is 50.8 Å². The Bertz CT molecular complexity index is 694.